The lowest BCUT2D eigenvalue weighted by atomic mass is 10.0. The Bertz CT molecular complexity index is 1050. The molecule has 1 aliphatic heterocycles. The molecule has 10 heteroatoms. The number of aromatic nitrogens is 1. The molecule has 0 saturated carbocycles. The van der Waals surface area contributed by atoms with Crippen molar-refractivity contribution < 1.29 is 35.6 Å². The van der Waals surface area contributed by atoms with Crippen LogP contribution in [-0.4, -0.2) is 11.3 Å². The van der Waals surface area contributed by atoms with Crippen molar-refractivity contribution in [3.05, 3.63) is 77.9 Å². The van der Waals surface area contributed by atoms with Crippen molar-refractivity contribution >= 4 is 8.81 Å². The molecule has 0 bridgehead atoms. The first kappa shape index (κ1) is 20.5. The summed E-state index contributed by atoms with van der Waals surface area (Å²) in [6, 6.07) is 11.0. The van der Waals surface area contributed by atoms with Crippen molar-refractivity contribution in [3.8, 4) is 22.6 Å². The van der Waals surface area contributed by atoms with Crippen LogP contribution in [0.5, 0.6) is 11.5 Å². The van der Waals surface area contributed by atoms with Gasteiger partial charge in [0, 0.05) is 23.4 Å². The van der Waals surface area contributed by atoms with E-state index in [9.17, 15) is 17.6 Å². The summed E-state index contributed by atoms with van der Waals surface area (Å²) in [5, 5.41) is 0. The average Bonchev–Trinajstić information content (AvgIpc) is 3.11. The topological polar surface area (TPSA) is 31.4 Å². The summed E-state index contributed by atoms with van der Waals surface area (Å²) in [7, 11) is -0.588. The SMILES string of the molecule is Fc1ccc2c(c1)OPC2C(F)(F)c1ccc(-c2ccc(OC(F)(F)F)cc2)cn1. The van der Waals surface area contributed by atoms with E-state index < -0.39 is 38.3 Å². The maximum atomic E-state index is 15.0. The lowest BCUT2D eigenvalue weighted by Gasteiger charge is -2.21. The Hall–Kier alpha value is -2.80. The molecule has 0 aliphatic carbocycles. The number of fused-ring (bicyclic) bond motifs is 1. The van der Waals surface area contributed by atoms with Crippen LogP contribution in [0.3, 0.4) is 0 Å². The van der Waals surface area contributed by atoms with Gasteiger partial charge in [-0.2, -0.15) is 8.78 Å². The molecule has 2 unspecified atom stereocenters. The summed E-state index contributed by atoms with van der Waals surface area (Å²) >= 11 is 0. The number of hydrogen-bond acceptors (Lipinski definition) is 3. The zero-order chi connectivity index (χ0) is 21.5. The van der Waals surface area contributed by atoms with Crippen LogP contribution in [0.2, 0.25) is 0 Å². The second-order valence-electron chi connectivity index (χ2n) is 6.46. The molecule has 4 rings (SSSR count). The van der Waals surface area contributed by atoms with Crippen molar-refractivity contribution in [2.75, 3.05) is 0 Å². The van der Waals surface area contributed by atoms with Crippen molar-refractivity contribution in [2.45, 2.75) is 17.9 Å². The number of rotatable bonds is 4. The Morgan fingerprint density at radius 3 is 2.23 bits per heavy atom. The van der Waals surface area contributed by atoms with Gasteiger partial charge in [-0.15, -0.1) is 13.2 Å². The van der Waals surface area contributed by atoms with Gasteiger partial charge in [-0.1, -0.05) is 24.3 Å². The Kier molecular flexibility index (Phi) is 5.10. The third-order valence-corrected chi connectivity index (χ3v) is 5.71. The number of benzene rings is 2. The third kappa shape index (κ3) is 4.07. The van der Waals surface area contributed by atoms with Gasteiger partial charge >= 0.3 is 12.3 Å². The molecular weight excluding hydrogens is 431 g/mol. The van der Waals surface area contributed by atoms with Gasteiger partial charge in [0.2, 0.25) is 0 Å². The van der Waals surface area contributed by atoms with E-state index in [1.54, 1.807) is 0 Å². The predicted octanol–water partition coefficient (Wildman–Crippen LogP) is 6.61. The minimum atomic E-state index is -4.80. The minimum absolute atomic E-state index is 0.0933. The summed E-state index contributed by atoms with van der Waals surface area (Å²) in [5.74, 6) is -4.23. The molecule has 0 saturated heterocycles. The number of alkyl halides is 5. The zero-order valence-electron chi connectivity index (χ0n) is 14.9. The molecule has 0 radical (unpaired) electrons. The summed E-state index contributed by atoms with van der Waals surface area (Å²) in [6.07, 6.45) is -3.58. The van der Waals surface area contributed by atoms with E-state index >= 15 is 8.78 Å². The fourth-order valence-electron chi connectivity index (χ4n) is 3.05. The number of pyridine rings is 1. The molecule has 156 valence electrons. The summed E-state index contributed by atoms with van der Waals surface area (Å²) in [6.45, 7) is 0. The Morgan fingerprint density at radius 2 is 1.60 bits per heavy atom. The smallest absolute Gasteiger partial charge is 0.476 e. The molecule has 0 fully saturated rings. The Labute approximate surface area is 168 Å². The van der Waals surface area contributed by atoms with E-state index in [1.165, 1.54) is 30.5 Å². The quantitative estimate of drug-likeness (QED) is 0.336. The van der Waals surface area contributed by atoms with Crippen molar-refractivity contribution in [3.63, 3.8) is 0 Å². The lowest BCUT2D eigenvalue weighted by Crippen LogP contribution is -2.21. The van der Waals surface area contributed by atoms with E-state index in [2.05, 4.69) is 9.72 Å². The first-order valence-corrected chi connectivity index (χ1v) is 9.54. The molecule has 1 aromatic heterocycles. The fourth-order valence-corrected chi connectivity index (χ4v) is 4.13. The van der Waals surface area contributed by atoms with Gasteiger partial charge in [-0.3, -0.25) is 4.98 Å². The molecule has 2 heterocycles. The minimum Gasteiger partial charge on any atom is -0.476 e. The van der Waals surface area contributed by atoms with Crippen LogP contribution < -0.4 is 9.26 Å². The van der Waals surface area contributed by atoms with Gasteiger partial charge in [-0.25, -0.2) is 4.39 Å². The van der Waals surface area contributed by atoms with Crippen molar-refractivity contribution in [1.29, 1.82) is 0 Å². The monoisotopic (exact) mass is 443 g/mol. The average molecular weight is 443 g/mol. The molecule has 0 amide bonds. The van der Waals surface area contributed by atoms with Crippen molar-refractivity contribution in [2.24, 2.45) is 0 Å². The first-order valence-electron chi connectivity index (χ1n) is 8.56. The molecule has 2 atom stereocenters. The van der Waals surface area contributed by atoms with E-state index in [0.29, 0.717) is 11.1 Å². The van der Waals surface area contributed by atoms with Gasteiger partial charge in [0.05, 0.1) is 8.81 Å². The highest BCUT2D eigenvalue weighted by molar-refractivity contribution is 7.34. The van der Waals surface area contributed by atoms with Gasteiger partial charge < -0.3 is 9.26 Å². The highest BCUT2D eigenvalue weighted by Crippen LogP contribution is 2.58. The van der Waals surface area contributed by atoms with Crippen LogP contribution in [0, 0.1) is 5.82 Å². The molecular formula is C20H12F6NO2P. The molecule has 0 spiro atoms. The van der Waals surface area contributed by atoms with Crippen LogP contribution >= 0.6 is 8.81 Å². The van der Waals surface area contributed by atoms with Gasteiger partial charge in [0.15, 0.2) is 0 Å². The summed E-state index contributed by atoms with van der Waals surface area (Å²) in [4.78, 5) is 3.86. The highest BCUT2D eigenvalue weighted by atomic mass is 31.1. The maximum absolute atomic E-state index is 15.0. The van der Waals surface area contributed by atoms with E-state index in [-0.39, 0.29) is 17.1 Å². The molecule has 0 N–H and O–H groups in total. The third-order valence-electron chi connectivity index (χ3n) is 4.46. The second kappa shape index (κ2) is 7.47. The second-order valence-corrected chi connectivity index (χ2v) is 7.48. The summed E-state index contributed by atoms with van der Waals surface area (Å²) < 4.78 is 89.1. The van der Waals surface area contributed by atoms with Gasteiger partial charge in [0.1, 0.15) is 28.7 Å². The predicted molar refractivity (Wildman–Crippen MR) is 98.3 cm³/mol. The summed E-state index contributed by atoms with van der Waals surface area (Å²) in [5.41, 5.74) is -0.628. The van der Waals surface area contributed by atoms with Crippen LogP contribution in [-0.2, 0) is 5.92 Å². The lowest BCUT2D eigenvalue weighted by molar-refractivity contribution is -0.274. The standard InChI is InChI=1S/C20H12F6NO2P/c21-13-4-7-15-16(9-13)29-30-18(15)19(22,23)17-8-3-12(10-27-17)11-1-5-14(6-2-11)28-20(24,25)26/h1-10,18,30H. The zero-order valence-corrected chi connectivity index (χ0v) is 15.9. The number of ether oxygens (including phenoxy) is 1. The van der Waals surface area contributed by atoms with Crippen molar-refractivity contribution in [1.82, 2.24) is 4.98 Å². The first-order chi connectivity index (χ1) is 14.1. The Balaban J connectivity index is 1.55. The van der Waals surface area contributed by atoms with E-state index in [1.807, 2.05) is 0 Å². The largest absolute Gasteiger partial charge is 0.573 e. The molecule has 30 heavy (non-hydrogen) atoms. The number of halogens is 6. The van der Waals surface area contributed by atoms with Gasteiger partial charge in [-0.05, 0) is 29.8 Å². The Morgan fingerprint density at radius 1 is 0.900 bits per heavy atom. The van der Waals surface area contributed by atoms with Gasteiger partial charge in [0.25, 0.3) is 0 Å². The molecule has 3 nitrogen and oxygen atoms in total. The van der Waals surface area contributed by atoms with Crippen LogP contribution in [0.25, 0.3) is 11.1 Å². The highest BCUT2D eigenvalue weighted by Gasteiger charge is 2.48. The van der Waals surface area contributed by atoms with Crippen LogP contribution in [0.15, 0.2) is 60.8 Å². The number of nitrogens with zero attached hydrogens (tertiary/aromatic N) is 1. The molecule has 2 aromatic carbocycles. The maximum Gasteiger partial charge on any atom is 0.573 e. The van der Waals surface area contributed by atoms with Crippen LogP contribution in [0.1, 0.15) is 16.9 Å². The molecule has 1 aliphatic rings. The van der Waals surface area contributed by atoms with E-state index in [4.69, 9.17) is 4.52 Å². The molecule has 3 aromatic rings. The van der Waals surface area contributed by atoms with Crippen LogP contribution in [0.4, 0.5) is 26.3 Å². The number of hydrogen-bond donors (Lipinski definition) is 0. The van der Waals surface area contributed by atoms with E-state index in [0.717, 1.165) is 30.3 Å². The normalized spacial score (nSPS) is 16.9. The fraction of sp³-hybridized carbons (Fsp3) is 0.150.